The molecule has 100 valence electrons. The summed E-state index contributed by atoms with van der Waals surface area (Å²) in [5.41, 5.74) is 2.25. The van der Waals surface area contributed by atoms with Crippen LogP contribution >= 0.6 is 0 Å². The van der Waals surface area contributed by atoms with E-state index in [4.69, 9.17) is 0 Å². The number of hydrogen-bond acceptors (Lipinski definition) is 3. The lowest BCUT2D eigenvalue weighted by molar-refractivity contribution is 0.0633. The molecule has 2 atom stereocenters. The Labute approximate surface area is 110 Å². The molecule has 1 heterocycles. The molecule has 18 heavy (non-hydrogen) atoms. The van der Waals surface area contributed by atoms with Crippen LogP contribution in [-0.4, -0.2) is 54.7 Å². The van der Waals surface area contributed by atoms with Gasteiger partial charge in [-0.3, -0.25) is 0 Å². The maximum absolute atomic E-state index is 10.4. The number of piperazine rings is 1. The van der Waals surface area contributed by atoms with Crippen LogP contribution in [0.1, 0.15) is 23.7 Å². The number of hydrogen-bond donors (Lipinski definition) is 1. The quantitative estimate of drug-likeness (QED) is 0.881. The Morgan fingerprint density at radius 3 is 2.72 bits per heavy atom. The maximum Gasteiger partial charge on any atom is 0.0808 e. The van der Waals surface area contributed by atoms with Crippen LogP contribution in [0.2, 0.25) is 0 Å². The standard InChI is InChI=1S/C15H24N2O/c1-12-6-4-5-7-14(12)15(18)10-13-11-16(2)8-9-17(13)3/h4-7,13,15,18H,8-11H2,1-3H3. The van der Waals surface area contributed by atoms with E-state index in [-0.39, 0.29) is 6.10 Å². The highest BCUT2D eigenvalue weighted by molar-refractivity contribution is 5.27. The third kappa shape index (κ3) is 3.10. The maximum atomic E-state index is 10.4. The molecule has 1 aromatic rings. The predicted molar refractivity (Wildman–Crippen MR) is 74.7 cm³/mol. The lowest BCUT2D eigenvalue weighted by Crippen LogP contribution is -2.50. The van der Waals surface area contributed by atoms with E-state index in [1.807, 2.05) is 18.2 Å². The molecule has 1 fully saturated rings. The number of aliphatic hydroxyl groups excluding tert-OH is 1. The van der Waals surface area contributed by atoms with Crippen LogP contribution in [0.5, 0.6) is 0 Å². The Morgan fingerprint density at radius 1 is 1.28 bits per heavy atom. The third-order valence-electron chi connectivity index (χ3n) is 4.02. The van der Waals surface area contributed by atoms with Crippen molar-refractivity contribution < 1.29 is 5.11 Å². The van der Waals surface area contributed by atoms with E-state index in [1.165, 1.54) is 5.56 Å². The lowest BCUT2D eigenvalue weighted by atomic mass is 9.96. The number of benzene rings is 1. The van der Waals surface area contributed by atoms with Crippen molar-refractivity contribution in [3.05, 3.63) is 35.4 Å². The van der Waals surface area contributed by atoms with Crippen molar-refractivity contribution in [2.75, 3.05) is 33.7 Å². The number of nitrogens with zero attached hydrogens (tertiary/aromatic N) is 2. The summed E-state index contributed by atoms with van der Waals surface area (Å²) in [6.07, 6.45) is 0.455. The molecule has 0 amide bonds. The van der Waals surface area contributed by atoms with E-state index in [9.17, 15) is 5.11 Å². The molecule has 0 radical (unpaired) electrons. The second-order valence-corrected chi connectivity index (χ2v) is 5.50. The second-order valence-electron chi connectivity index (χ2n) is 5.50. The number of rotatable bonds is 3. The molecule has 1 aliphatic rings. The monoisotopic (exact) mass is 248 g/mol. The normalized spacial score (nSPS) is 24.1. The SMILES string of the molecule is Cc1ccccc1C(O)CC1CN(C)CCN1C. The fraction of sp³-hybridized carbons (Fsp3) is 0.600. The fourth-order valence-electron chi connectivity index (χ4n) is 2.70. The zero-order valence-electron chi connectivity index (χ0n) is 11.6. The molecule has 2 unspecified atom stereocenters. The van der Waals surface area contributed by atoms with Crippen molar-refractivity contribution in [2.24, 2.45) is 0 Å². The Balaban J connectivity index is 2.02. The highest BCUT2D eigenvalue weighted by Gasteiger charge is 2.25. The number of aryl methyl sites for hydroxylation is 1. The van der Waals surface area contributed by atoms with Crippen LogP contribution in [0.4, 0.5) is 0 Å². The van der Waals surface area contributed by atoms with Gasteiger partial charge in [-0.05, 0) is 38.6 Å². The first-order valence-electron chi connectivity index (χ1n) is 6.70. The van der Waals surface area contributed by atoms with Gasteiger partial charge in [0.2, 0.25) is 0 Å². The Bertz CT molecular complexity index is 394. The summed E-state index contributed by atoms with van der Waals surface area (Å²) in [6, 6.07) is 8.56. The van der Waals surface area contributed by atoms with Gasteiger partial charge >= 0.3 is 0 Å². The zero-order valence-corrected chi connectivity index (χ0v) is 11.6. The van der Waals surface area contributed by atoms with Gasteiger partial charge in [0.05, 0.1) is 6.10 Å². The van der Waals surface area contributed by atoms with E-state index in [0.717, 1.165) is 31.6 Å². The van der Waals surface area contributed by atoms with Gasteiger partial charge in [0.15, 0.2) is 0 Å². The van der Waals surface area contributed by atoms with Gasteiger partial charge < -0.3 is 14.9 Å². The molecule has 0 spiro atoms. The fourth-order valence-corrected chi connectivity index (χ4v) is 2.70. The summed E-state index contributed by atoms with van der Waals surface area (Å²) < 4.78 is 0. The van der Waals surface area contributed by atoms with Crippen molar-refractivity contribution in [1.82, 2.24) is 9.80 Å². The van der Waals surface area contributed by atoms with E-state index in [1.54, 1.807) is 0 Å². The van der Waals surface area contributed by atoms with Gasteiger partial charge in [0, 0.05) is 25.7 Å². The largest absolute Gasteiger partial charge is 0.388 e. The van der Waals surface area contributed by atoms with Gasteiger partial charge in [-0.15, -0.1) is 0 Å². The average molecular weight is 248 g/mol. The van der Waals surface area contributed by atoms with Crippen LogP contribution in [0, 0.1) is 6.92 Å². The molecule has 0 aliphatic carbocycles. The van der Waals surface area contributed by atoms with E-state index in [2.05, 4.69) is 36.9 Å². The molecular weight excluding hydrogens is 224 g/mol. The molecule has 0 aromatic heterocycles. The predicted octanol–water partition coefficient (Wildman–Crippen LogP) is 1.66. The highest BCUT2D eigenvalue weighted by atomic mass is 16.3. The van der Waals surface area contributed by atoms with Gasteiger partial charge in [-0.2, -0.15) is 0 Å². The van der Waals surface area contributed by atoms with Gasteiger partial charge in [0.25, 0.3) is 0 Å². The van der Waals surface area contributed by atoms with E-state index >= 15 is 0 Å². The minimum atomic E-state index is -0.356. The van der Waals surface area contributed by atoms with Crippen molar-refractivity contribution in [1.29, 1.82) is 0 Å². The molecule has 1 aromatic carbocycles. The van der Waals surface area contributed by atoms with Crippen LogP contribution in [-0.2, 0) is 0 Å². The summed E-state index contributed by atoms with van der Waals surface area (Å²) in [6.45, 7) is 5.31. The molecule has 0 saturated carbocycles. The van der Waals surface area contributed by atoms with Crippen LogP contribution in [0.25, 0.3) is 0 Å². The first-order valence-corrected chi connectivity index (χ1v) is 6.70. The minimum absolute atomic E-state index is 0.356. The highest BCUT2D eigenvalue weighted by Crippen LogP contribution is 2.24. The van der Waals surface area contributed by atoms with Crippen molar-refractivity contribution >= 4 is 0 Å². The lowest BCUT2D eigenvalue weighted by Gasteiger charge is -2.38. The van der Waals surface area contributed by atoms with Crippen molar-refractivity contribution in [3.8, 4) is 0 Å². The second kappa shape index (κ2) is 5.83. The summed E-state index contributed by atoms with van der Waals surface area (Å²) in [5, 5.41) is 10.4. The molecular formula is C15H24N2O. The summed E-state index contributed by atoms with van der Waals surface area (Å²) in [5.74, 6) is 0. The molecule has 2 rings (SSSR count). The van der Waals surface area contributed by atoms with Gasteiger partial charge in [0.1, 0.15) is 0 Å². The molecule has 3 heteroatoms. The smallest absolute Gasteiger partial charge is 0.0808 e. The molecule has 3 nitrogen and oxygen atoms in total. The Hall–Kier alpha value is -0.900. The third-order valence-corrected chi connectivity index (χ3v) is 4.02. The van der Waals surface area contributed by atoms with Gasteiger partial charge in [-0.1, -0.05) is 24.3 Å². The molecule has 1 aliphatic heterocycles. The first kappa shape index (κ1) is 13.5. The number of aliphatic hydroxyl groups is 1. The van der Waals surface area contributed by atoms with E-state index < -0.39 is 0 Å². The Morgan fingerprint density at radius 2 is 2.00 bits per heavy atom. The molecule has 0 bridgehead atoms. The minimum Gasteiger partial charge on any atom is -0.388 e. The Kier molecular flexibility index (Phi) is 4.38. The molecule has 1 N–H and O–H groups in total. The summed E-state index contributed by atoms with van der Waals surface area (Å²) in [7, 11) is 4.31. The van der Waals surface area contributed by atoms with Crippen molar-refractivity contribution in [3.63, 3.8) is 0 Å². The van der Waals surface area contributed by atoms with Crippen LogP contribution in [0.15, 0.2) is 24.3 Å². The zero-order chi connectivity index (χ0) is 13.1. The van der Waals surface area contributed by atoms with Crippen molar-refractivity contribution in [2.45, 2.75) is 25.5 Å². The van der Waals surface area contributed by atoms with Crippen LogP contribution < -0.4 is 0 Å². The van der Waals surface area contributed by atoms with Crippen LogP contribution in [0.3, 0.4) is 0 Å². The summed E-state index contributed by atoms with van der Waals surface area (Å²) >= 11 is 0. The molecule has 1 saturated heterocycles. The topological polar surface area (TPSA) is 26.7 Å². The van der Waals surface area contributed by atoms with Gasteiger partial charge in [-0.25, -0.2) is 0 Å². The number of likely N-dealkylation sites (N-methyl/N-ethyl adjacent to an activating group) is 2. The first-order chi connectivity index (χ1) is 8.58. The van der Waals surface area contributed by atoms with E-state index in [0.29, 0.717) is 6.04 Å². The average Bonchev–Trinajstić information content (AvgIpc) is 2.34. The summed E-state index contributed by atoms with van der Waals surface area (Å²) in [4.78, 5) is 4.71.